The van der Waals surface area contributed by atoms with E-state index < -0.39 is 24.0 Å². The van der Waals surface area contributed by atoms with Crippen molar-refractivity contribution in [3.8, 4) is 11.5 Å². The fourth-order valence-corrected chi connectivity index (χ4v) is 1.65. The van der Waals surface area contributed by atoms with Crippen molar-refractivity contribution in [1.82, 2.24) is 5.32 Å². The van der Waals surface area contributed by atoms with E-state index >= 15 is 0 Å². The molecule has 0 heterocycles. The molecule has 1 aromatic rings. The van der Waals surface area contributed by atoms with Gasteiger partial charge in [-0.05, 0) is 31.5 Å². The summed E-state index contributed by atoms with van der Waals surface area (Å²) in [5.41, 5.74) is -1.07. The second-order valence-corrected chi connectivity index (χ2v) is 4.78. The molecule has 7 nitrogen and oxygen atoms in total. The number of hydrogen-bond acceptors (Lipinski definition) is 5. The van der Waals surface area contributed by atoms with Crippen LogP contribution in [0.2, 0.25) is 0 Å². The van der Waals surface area contributed by atoms with Gasteiger partial charge in [0.25, 0.3) is 5.91 Å². The monoisotopic (exact) mass is 297 g/mol. The summed E-state index contributed by atoms with van der Waals surface area (Å²) in [6, 6.07) is 3.14. The predicted octanol–water partition coefficient (Wildman–Crippen LogP) is 0.578. The number of aliphatic carboxylic acids is 1. The van der Waals surface area contributed by atoms with E-state index in [1.54, 1.807) is 13.0 Å². The Morgan fingerprint density at radius 1 is 1.24 bits per heavy atom. The van der Waals surface area contributed by atoms with Crippen LogP contribution in [0.5, 0.6) is 11.5 Å². The normalized spacial score (nSPS) is 13.2. The van der Waals surface area contributed by atoms with E-state index in [1.165, 1.54) is 20.3 Å². The Labute approximate surface area is 122 Å². The summed E-state index contributed by atoms with van der Waals surface area (Å²) in [6.07, 6.45) is 0. The highest BCUT2D eigenvalue weighted by atomic mass is 16.5. The van der Waals surface area contributed by atoms with Gasteiger partial charge in [-0.2, -0.15) is 0 Å². The largest absolute Gasteiger partial charge is 0.493 e. The molecule has 21 heavy (non-hydrogen) atoms. The Balaban J connectivity index is 2.95. The lowest BCUT2D eigenvalue weighted by atomic mass is 10.1. The number of amides is 1. The summed E-state index contributed by atoms with van der Waals surface area (Å²) in [4.78, 5) is 22.9. The van der Waals surface area contributed by atoms with Crippen LogP contribution in [-0.2, 0) is 4.79 Å². The van der Waals surface area contributed by atoms with Crippen molar-refractivity contribution in [3.63, 3.8) is 0 Å². The Morgan fingerprint density at radius 2 is 1.76 bits per heavy atom. The number of carbonyl (C=O) groups is 2. The maximum Gasteiger partial charge on any atom is 0.337 e. The summed E-state index contributed by atoms with van der Waals surface area (Å²) in [5, 5.41) is 20.8. The zero-order chi connectivity index (χ0) is 16.2. The lowest BCUT2D eigenvalue weighted by molar-refractivity contribution is -0.155. The zero-order valence-corrected chi connectivity index (χ0v) is 12.4. The summed E-state index contributed by atoms with van der Waals surface area (Å²) in [7, 11) is 2.94. The number of hydrogen-bond donors (Lipinski definition) is 3. The highest BCUT2D eigenvalue weighted by Gasteiger charge is 2.30. The highest BCUT2D eigenvalue weighted by molar-refractivity contribution is 5.96. The van der Waals surface area contributed by atoms with Crippen molar-refractivity contribution in [2.24, 2.45) is 0 Å². The van der Waals surface area contributed by atoms with E-state index in [0.29, 0.717) is 22.6 Å². The van der Waals surface area contributed by atoms with Crippen molar-refractivity contribution in [2.45, 2.75) is 19.4 Å². The minimum atomic E-state index is -2.03. The van der Waals surface area contributed by atoms with Crippen LogP contribution >= 0.6 is 0 Å². The van der Waals surface area contributed by atoms with Gasteiger partial charge in [-0.3, -0.25) is 4.79 Å². The predicted molar refractivity (Wildman–Crippen MR) is 74.9 cm³/mol. The molecule has 0 aromatic heterocycles. The third-order valence-electron chi connectivity index (χ3n) is 3.03. The van der Waals surface area contributed by atoms with Gasteiger partial charge in [-0.1, -0.05) is 0 Å². The first-order chi connectivity index (χ1) is 9.72. The van der Waals surface area contributed by atoms with Crippen LogP contribution in [0.3, 0.4) is 0 Å². The molecule has 1 unspecified atom stereocenters. The molecule has 1 rings (SSSR count). The fourth-order valence-electron chi connectivity index (χ4n) is 1.65. The van der Waals surface area contributed by atoms with Crippen molar-refractivity contribution in [3.05, 3.63) is 23.3 Å². The smallest absolute Gasteiger partial charge is 0.337 e. The summed E-state index contributed by atoms with van der Waals surface area (Å²) < 4.78 is 10.2. The van der Waals surface area contributed by atoms with Gasteiger partial charge in [0.1, 0.15) is 0 Å². The van der Waals surface area contributed by atoms with E-state index in [-0.39, 0.29) is 0 Å². The van der Waals surface area contributed by atoms with Gasteiger partial charge < -0.3 is 25.0 Å². The van der Waals surface area contributed by atoms with Crippen molar-refractivity contribution in [1.29, 1.82) is 0 Å². The summed E-state index contributed by atoms with van der Waals surface area (Å²) in [5.74, 6) is -1.04. The SMILES string of the molecule is COc1cc(C)c(C(=O)NCC(C)(O)C(=O)O)cc1OC. The molecule has 0 fully saturated rings. The maximum atomic E-state index is 12.1. The lowest BCUT2D eigenvalue weighted by Crippen LogP contribution is -2.46. The number of methoxy groups -OCH3 is 2. The maximum absolute atomic E-state index is 12.1. The lowest BCUT2D eigenvalue weighted by Gasteiger charge is -2.19. The molecule has 3 N–H and O–H groups in total. The molecule has 116 valence electrons. The van der Waals surface area contributed by atoms with Crippen LogP contribution in [-0.4, -0.2) is 48.5 Å². The molecule has 0 aliphatic carbocycles. The number of ether oxygens (including phenoxy) is 2. The van der Waals surface area contributed by atoms with Crippen LogP contribution in [0.4, 0.5) is 0 Å². The molecule has 0 aliphatic rings. The van der Waals surface area contributed by atoms with E-state index in [9.17, 15) is 14.7 Å². The van der Waals surface area contributed by atoms with Gasteiger partial charge in [0.15, 0.2) is 17.1 Å². The third kappa shape index (κ3) is 3.85. The van der Waals surface area contributed by atoms with Crippen LogP contribution in [0, 0.1) is 6.92 Å². The molecule has 1 atom stereocenters. The minimum absolute atomic E-state index is 0.314. The molecule has 7 heteroatoms. The standard InChI is InChI=1S/C14H19NO6/c1-8-5-10(20-3)11(21-4)6-9(8)12(16)15-7-14(2,19)13(17)18/h5-6,19H,7H2,1-4H3,(H,15,16)(H,17,18). The Kier molecular flexibility index (Phi) is 5.15. The van der Waals surface area contributed by atoms with Crippen molar-refractivity contribution >= 4 is 11.9 Å². The van der Waals surface area contributed by atoms with E-state index in [0.717, 1.165) is 6.92 Å². The number of aryl methyl sites for hydroxylation is 1. The Morgan fingerprint density at radius 3 is 2.24 bits per heavy atom. The number of aliphatic hydroxyl groups is 1. The molecule has 1 amide bonds. The first kappa shape index (κ1) is 16.8. The molecule has 0 saturated heterocycles. The van der Waals surface area contributed by atoms with Gasteiger partial charge >= 0.3 is 5.97 Å². The number of rotatable bonds is 6. The van der Waals surface area contributed by atoms with Crippen molar-refractivity contribution in [2.75, 3.05) is 20.8 Å². The van der Waals surface area contributed by atoms with Gasteiger partial charge in [0, 0.05) is 5.56 Å². The molecular weight excluding hydrogens is 278 g/mol. The summed E-state index contributed by atoms with van der Waals surface area (Å²) in [6.45, 7) is 2.41. The van der Waals surface area contributed by atoms with Crippen LogP contribution in [0.15, 0.2) is 12.1 Å². The molecule has 1 aromatic carbocycles. The number of nitrogens with one attached hydrogen (secondary N) is 1. The van der Waals surface area contributed by atoms with Gasteiger partial charge in [-0.15, -0.1) is 0 Å². The van der Waals surface area contributed by atoms with Crippen LogP contribution in [0.1, 0.15) is 22.8 Å². The molecule has 0 radical (unpaired) electrons. The minimum Gasteiger partial charge on any atom is -0.493 e. The van der Waals surface area contributed by atoms with E-state index in [2.05, 4.69) is 5.32 Å². The topological polar surface area (TPSA) is 105 Å². The van der Waals surface area contributed by atoms with E-state index in [1.807, 2.05) is 0 Å². The second kappa shape index (κ2) is 6.45. The molecule has 0 spiro atoms. The Bertz CT molecular complexity index is 553. The number of benzene rings is 1. The van der Waals surface area contributed by atoms with E-state index in [4.69, 9.17) is 14.6 Å². The molecule has 0 saturated carbocycles. The van der Waals surface area contributed by atoms with Gasteiger partial charge in [-0.25, -0.2) is 4.79 Å². The molecular formula is C14H19NO6. The fraction of sp³-hybridized carbons (Fsp3) is 0.429. The van der Waals surface area contributed by atoms with Crippen molar-refractivity contribution < 1.29 is 29.3 Å². The second-order valence-electron chi connectivity index (χ2n) is 4.78. The molecule has 0 bridgehead atoms. The average molecular weight is 297 g/mol. The zero-order valence-electron chi connectivity index (χ0n) is 12.4. The average Bonchev–Trinajstić information content (AvgIpc) is 2.44. The quantitative estimate of drug-likeness (QED) is 0.709. The number of carbonyl (C=O) groups excluding carboxylic acids is 1. The van der Waals surface area contributed by atoms with Gasteiger partial charge in [0.05, 0.1) is 20.8 Å². The summed E-state index contributed by atoms with van der Waals surface area (Å²) >= 11 is 0. The van der Waals surface area contributed by atoms with Gasteiger partial charge in [0.2, 0.25) is 0 Å². The van der Waals surface area contributed by atoms with Crippen LogP contribution < -0.4 is 14.8 Å². The third-order valence-corrected chi connectivity index (χ3v) is 3.03. The Hall–Kier alpha value is -2.28. The van der Waals surface area contributed by atoms with Crippen LogP contribution in [0.25, 0.3) is 0 Å². The number of carboxylic acid groups (broad SMARTS) is 1. The first-order valence-corrected chi connectivity index (χ1v) is 6.19. The highest BCUT2D eigenvalue weighted by Crippen LogP contribution is 2.30. The number of carboxylic acids is 1. The first-order valence-electron chi connectivity index (χ1n) is 6.19. The molecule has 0 aliphatic heterocycles.